The molecule has 0 saturated carbocycles. The molecule has 0 aliphatic carbocycles. The maximum Gasteiger partial charge on any atom is 0.287 e. The molecule has 0 unspecified atom stereocenters. The molecule has 1 aromatic heterocycles. The van der Waals surface area contributed by atoms with Gasteiger partial charge in [0.1, 0.15) is 10.6 Å². The molecule has 0 bridgehead atoms. The molecule has 136 valence electrons. The number of hydrogen-bond donors (Lipinski definition) is 1. The zero-order valence-corrected chi connectivity index (χ0v) is 15.2. The Labute approximate surface area is 152 Å². The highest BCUT2D eigenvalue weighted by Crippen LogP contribution is 2.29. The molecule has 3 aromatic rings. The molecule has 0 amide bonds. The number of rotatable bonds is 4. The van der Waals surface area contributed by atoms with Gasteiger partial charge in [-0.3, -0.25) is 0 Å². The van der Waals surface area contributed by atoms with Crippen molar-refractivity contribution in [2.75, 3.05) is 38.2 Å². The number of benzene rings is 2. The summed E-state index contributed by atoms with van der Waals surface area (Å²) in [5, 5.41) is 8.24. The predicted molar refractivity (Wildman–Crippen MR) is 100 cm³/mol. The Kier molecular flexibility index (Phi) is 4.29. The van der Waals surface area contributed by atoms with Crippen molar-refractivity contribution >= 4 is 26.6 Å². The third-order valence-corrected chi connectivity index (χ3v) is 6.22. The average Bonchev–Trinajstić information content (AvgIpc) is 3.12. The van der Waals surface area contributed by atoms with Crippen LogP contribution < -0.4 is 15.0 Å². The van der Waals surface area contributed by atoms with Gasteiger partial charge in [0, 0.05) is 37.3 Å². The molecule has 8 heteroatoms. The molecule has 1 saturated heterocycles. The predicted octanol–water partition coefficient (Wildman–Crippen LogP) is 1.69. The van der Waals surface area contributed by atoms with Crippen LogP contribution in [0.1, 0.15) is 0 Å². The second kappa shape index (κ2) is 6.62. The topological polar surface area (TPSA) is 76.5 Å². The van der Waals surface area contributed by atoms with E-state index in [9.17, 15) is 8.42 Å². The van der Waals surface area contributed by atoms with Crippen LogP contribution in [0.15, 0.2) is 53.6 Å². The molecular formula is C18H20N4O3S. The Morgan fingerprint density at radius 2 is 1.88 bits per heavy atom. The summed E-state index contributed by atoms with van der Waals surface area (Å²) in [5.74, 6) is 0.300. The van der Waals surface area contributed by atoms with Crippen LogP contribution in [0.2, 0.25) is 0 Å². The lowest BCUT2D eigenvalue weighted by atomic mass is 10.2. The first kappa shape index (κ1) is 16.9. The normalized spacial score (nSPS) is 15.3. The van der Waals surface area contributed by atoms with Gasteiger partial charge >= 0.3 is 0 Å². The van der Waals surface area contributed by atoms with Crippen molar-refractivity contribution in [2.45, 2.75) is 4.90 Å². The van der Waals surface area contributed by atoms with Gasteiger partial charge in [0.05, 0.1) is 18.8 Å². The van der Waals surface area contributed by atoms with Crippen LogP contribution >= 0.6 is 0 Å². The van der Waals surface area contributed by atoms with E-state index < -0.39 is 10.0 Å². The minimum absolute atomic E-state index is 0.0973. The molecule has 1 aliphatic rings. The third kappa shape index (κ3) is 2.81. The van der Waals surface area contributed by atoms with E-state index in [2.05, 4.69) is 15.3 Å². The first-order valence-corrected chi connectivity index (χ1v) is 9.87. The number of nitrogens with zero attached hydrogens (tertiary/aromatic N) is 3. The van der Waals surface area contributed by atoms with Crippen molar-refractivity contribution in [3.63, 3.8) is 0 Å². The van der Waals surface area contributed by atoms with Crippen LogP contribution in [0.4, 0.5) is 5.69 Å². The SMILES string of the molecule is COc1ccccc1S(=O)(=O)n1ncc2ccc(N3CCNCC3)cc21. The van der Waals surface area contributed by atoms with Gasteiger partial charge in [0.15, 0.2) is 0 Å². The Hall–Kier alpha value is -2.58. The van der Waals surface area contributed by atoms with Gasteiger partial charge in [0.2, 0.25) is 0 Å². The number of methoxy groups -OCH3 is 1. The number of anilines is 1. The summed E-state index contributed by atoms with van der Waals surface area (Å²) in [6.45, 7) is 3.60. The fourth-order valence-corrected chi connectivity index (χ4v) is 4.65. The van der Waals surface area contributed by atoms with Gasteiger partial charge in [-0.15, -0.1) is 0 Å². The number of aromatic nitrogens is 2. The zero-order chi connectivity index (χ0) is 18.1. The molecule has 0 radical (unpaired) electrons. The standard InChI is InChI=1S/C18H20N4O3S/c1-25-17-4-2-3-5-18(17)26(23,24)22-16-12-15(7-6-14(16)13-20-22)21-10-8-19-9-11-21/h2-7,12-13,19H,8-11H2,1H3. The number of piperazine rings is 1. The van der Waals surface area contributed by atoms with E-state index in [0.717, 1.165) is 41.3 Å². The molecule has 0 atom stereocenters. The van der Waals surface area contributed by atoms with Crippen molar-refractivity contribution < 1.29 is 13.2 Å². The van der Waals surface area contributed by atoms with Crippen LogP contribution in [-0.4, -0.2) is 50.9 Å². The van der Waals surface area contributed by atoms with Gasteiger partial charge in [-0.05, 0) is 30.3 Å². The van der Waals surface area contributed by atoms with Crippen molar-refractivity contribution in [1.29, 1.82) is 0 Å². The zero-order valence-electron chi connectivity index (χ0n) is 14.4. The number of hydrogen-bond acceptors (Lipinski definition) is 6. The molecule has 26 heavy (non-hydrogen) atoms. The Morgan fingerprint density at radius 1 is 1.12 bits per heavy atom. The number of fused-ring (bicyclic) bond motifs is 1. The lowest BCUT2D eigenvalue weighted by molar-refractivity contribution is 0.402. The van der Waals surface area contributed by atoms with E-state index in [4.69, 9.17) is 4.74 Å². The first-order valence-electron chi connectivity index (χ1n) is 8.43. The smallest absolute Gasteiger partial charge is 0.287 e. The van der Waals surface area contributed by atoms with Crippen LogP contribution in [0, 0.1) is 0 Å². The summed E-state index contributed by atoms with van der Waals surface area (Å²) in [6, 6.07) is 12.4. The van der Waals surface area contributed by atoms with E-state index in [0.29, 0.717) is 11.3 Å². The maximum atomic E-state index is 13.2. The van der Waals surface area contributed by atoms with Crippen LogP contribution in [0.5, 0.6) is 5.75 Å². The highest BCUT2D eigenvalue weighted by Gasteiger charge is 2.24. The van der Waals surface area contributed by atoms with Crippen molar-refractivity contribution in [3.05, 3.63) is 48.7 Å². The van der Waals surface area contributed by atoms with E-state index >= 15 is 0 Å². The lowest BCUT2D eigenvalue weighted by Gasteiger charge is -2.29. The number of ether oxygens (including phenoxy) is 1. The molecule has 0 spiro atoms. The fourth-order valence-electron chi connectivity index (χ4n) is 3.22. The second-order valence-corrected chi connectivity index (χ2v) is 7.86. The van der Waals surface area contributed by atoms with Crippen molar-refractivity contribution in [1.82, 2.24) is 14.5 Å². The quantitative estimate of drug-likeness (QED) is 0.751. The first-order chi connectivity index (χ1) is 12.6. The van der Waals surface area contributed by atoms with E-state index in [-0.39, 0.29) is 4.90 Å². The molecule has 7 nitrogen and oxygen atoms in total. The number of para-hydroxylation sites is 1. The van der Waals surface area contributed by atoms with Gasteiger partial charge < -0.3 is 15.0 Å². The van der Waals surface area contributed by atoms with Crippen LogP contribution in [0.3, 0.4) is 0 Å². The highest BCUT2D eigenvalue weighted by molar-refractivity contribution is 7.90. The summed E-state index contributed by atoms with van der Waals surface area (Å²) < 4.78 is 32.7. The number of nitrogens with one attached hydrogen (secondary N) is 1. The van der Waals surface area contributed by atoms with Gasteiger partial charge in [0.25, 0.3) is 10.0 Å². The van der Waals surface area contributed by atoms with Gasteiger partial charge in [-0.2, -0.15) is 17.6 Å². The third-order valence-electron chi connectivity index (χ3n) is 4.58. The minimum atomic E-state index is -3.86. The maximum absolute atomic E-state index is 13.2. The molecule has 2 heterocycles. The molecular weight excluding hydrogens is 352 g/mol. The van der Waals surface area contributed by atoms with Crippen molar-refractivity contribution in [3.8, 4) is 5.75 Å². The Balaban J connectivity index is 1.83. The monoisotopic (exact) mass is 372 g/mol. The molecule has 4 rings (SSSR count). The molecule has 1 fully saturated rings. The minimum Gasteiger partial charge on any atom is -0.495 e. The summed E-state index contributed by atoms with van der Waals surface area (Å²) in [4.78, 5) is 2.34. The summed E-state index contributed by atoms with van der Waals surface area (Å²) in [7, 11) is -2.41. The Bertz CT molecular complexity index is 1040. The molecule has 1 aliphatic heterocycles. The average molecular weight is 372 g/mol. The van der Waals surface area contributed by atoms with Gasteiger partial charge in [-0.25, -0.2) is 0 Å². The van der Waals surface area contributed by atoms with E-state index in [1.165, 1.54) is 13.2 Å². The molecule has 1 N–H and O–H groups in total. The van der Waals surface area contributed by atoms with Crippen molar-refractivity contribution in [2.24, 2.45) is 0 Å². The van der Waals surface area contributed by atoms with E-state index in [1.54, 1.807) is 24.4 Å². The Morgan fingerprint density at radius 3 is 2.65 bits per heavy atom. The second-order valence-electron chi connectivity index (χ2n) is 6.12. The highest BCUT2D eigenvalue weighted by atomic mass is 32.2. The fraction of sp³-hybridized carbons (Fsp3) is 0.278. The van der Waals surface area contributed by atoms with Gasteiger partial charge in [-0.1, -0.05) is 12.1 Å². The van der Waals surface area contributed by atoms with E-state index in [1.807, 2.05) is 18.2 Å². The summed E-state index contributed by atoms with van der Waals surface area (Å²) in [5.41, 5.74) is 1.56. The largest absolute Gasteiger partial charge is 0.495 e. The summed E-state index contributed by atoms with van der Waals surface area (Å²) in [6.07, 6.45) is 1.57. The van der Waals surface area contributed by atoms with Crippen LogP contribution in [-0.2, 0) is 10.0 Å². The van der Waals surface area contributed by atoms with Crippen LogP contribution in [0.25, 0.3) is 10.9 Å². The lowest BCUT2D eigenvalue weighted by Crippen LogP contribution is -2.43. The molecule has 2 aromatic carbocycles. The summed E-state index contributed by atoms with van der Waals surface area (Å²) >= 11 is 0.